The smallest absolute Gasteiger partial charge is 0 e. The standard InChI is InChI=1S/Al.Cr.Nb.Ti.V.3H. The maximum Gasteiger partial charge on any atom is 0.187 e. The molecule has 0 fully saturated rings. The fourth-order valence-electron chi connectivity index (χ4n) is 0. The summed E-state index contributed by atoms with van der Waals surface area (Å²) in [6, 6.07) is 0. The molecule has 0 aromatic carbocycles. The maximum atomic E-state index is 0. The van der Waals surface area contributed by atoms with Crippen LogP contribution in [0.15, 0.2) is 0 Å². The molecule has 2 radical (unpaired) electrons. The Hall–Kier alpha value is 3.10. The van der Waals surface area contributed by atoms with E-state index >= 15 is 0 Å². The molecule has 0 atom stereocenters. The summed E-state index contributed by atoms with van der Waals surface area (Å²) >= 11 is 0. The van der Waals surface area contributed by atoms with Crippen LogP contribution in [0.4, 0.5) is 0 Å². The summed E-state index contributed by atoms with van der Waals surface area (Å²) in [5.74, 6) is 0. The molecule has 0 aromatic heterocycles. The van der Waals surface area contributed by atoms with Gasteiger partial charge >= 0.3 is 0 Å². The second-order valence-electron chi connectivity index (χ2n) is 0. The summed E-state index contributed by atoms with van der Waals surface area (Å²) in [5, 5.41) is 0. The molecule has 5 heavy (non-hydrogen) atoms. The van der Waals surface area contributed by atoms with E-state index < -0.39 is 0 Å². The van der Waals surface area contributed by atoms with Crippen molar-refractivity contribution in [2.75, 3.05) is 0 Å². The van der Waals surface area contributed by atoms with Crippen LogP contribution < -0.4 is 0 Å². The van der Waals surface area contributed by atoms with Crippen molar-refractivity contribution in [2.24, 2.45) is 0 Å². The van der Waals surface area contributed by atoms with Crippen molar-refractivity contribution in [3.63, 3.8) is 0 Å². The van der Waals surface area contributed by atoms with Gasteiger partial charge in [-0.1, -0.05) is 0 Å². The van der Waals surface area contributed by atoms with E-state index in [-0.39, 0.29) is 97.4 Å². The summed E-state index contributed by atoms with van der Waals surface area (Å²) in [6.07, 6.45) is 0. The van der Waals surface area contributed by atoms with E-state index in [4.69, 9.17) is 0 Å². The van der Waals surface area contributed by atoms with Crippen LogP contribution in [0.1, 0.15) is 0 Å². The molecule has 0 rings (SSSR count). The average molecular weight is 274 g/mol. The molecule has 0 nitrogen and oxygen atoms in total. The fraction of sp³-hybridized carbons (Fsp3) is 0. The van der Waals surface area contributed by atoms with Gasteiger partial charge in [-0.2, -0.15) is 0 Å². The van der Waals surface area contributed by atoms with Crippen LogP contribution in [0, 0.1) is 0 Å². The number of hydrogen-bond donors (Lipinski definition) is 0. The molecular weight excluding hydrogens is 271 g/mol. The Morgan fingerprint density at radius 1 is 1.00 bits per heavy atom. The molecular formula is H3AlCrNbTiV. The summed E-state index contributed by atoms with van der Waals surface area (Å²) in [7, 11) is 0. The van der Waals surface area contributed by atoms with Gasteiger partial charge in [0.25, 0.3) is 0 Å². The molecule has 0 spiro atoms. The van der Waals surface area contributed by atoms with Crippen molar-refractivity contribution < 1.29 is 80.0 Å². The molecule has 0 saturated heterocycles. The third kappa shape index (κ3) is 19.2. The van der Waals surface area contributed by atoms with Gasteiger partial charge in [-0.05, 0) is 0 Å². The molecule has 0 saturated carbocycles. The first-order valence-electron chi connectivity index (χ1n) is 0. The second kappa shape index (κ2) is 27.5. The Morgan fingerprint density at radius 2 is 1.00 bits per heavy atom. The predicted octanol–water partition coefficient (Wildman–Crippen LogP) is -1.19. The first-order valence-corrected chi connectivity index (χ1v) is 0. The summed E-state index contributed by atoms with van der Waals surface area (Å²) < 4.78 is 0. The zero-order valence-corrected chi connectivity index (χ0v) is 8.23. The van der Waals surface area contributed by atoms with Crippen molar-refractivity contribution in [3.05, 3.63) is 0 Å². The number of rotatable bonds is 0. The molecule has 0 amide bonds. The fourth-order valence-corrected chi connectivity index (χ4v) is 0. The van der Waals surface area contributed by atoms with Crippen LogP contribution in [-0.4, -0.2) is 17.4 Å². The van der Waals surface area contributed by atoms with Crippen LogP contribution in [0.5, 0.6) is 0 Å². The van der Waals surface area contributed by atoms with Gasteiger partial charge in [0.05, 0.1) is 0 Å². The minimum atomic E-state index is 0. The SMILES string of the molecule is [AlH3].[Cr].[Nb].[Ti].[V]. The Balaban J connectivity index is 0. The molecule has 0 bridgehead atoms. The third-order valence-corrected chi connectivity index (χ3v) is 0. The molecule has 0 unspecified atom stereocenters. The van der Waals surface area contributed by atoms with E-state index in [0.717, 1.165) is 0 Å². The van der Waals surface area contributed by atoms with E-state index in [1.54, 1.807) is 0 Å². The molecule has 0 heterocycles. The van der Waals surface area contributed by atoms with Gasteiger partial charge in [0.1, 0.15) is 0 Å². The largest absolute Gasteiger partial charge is 0.187 e. The van der Waals surface area contributed by atoms with Crippen molar-refractivity contribution in [2.45, 2.75) is 0 Å². The van der Waals surface area contributed by atoms with Gasteiger partial charge in [0.15, 0.2) is 17.4 Å². The van der Waals surface area contributed by atoms with Crippen molar-refractivity contribution >= 4 is 17.4 Å². The molecule has 5 heteroatoms. The van der Waals surface area contributed by atoms with E-state index in [9.17, 15) is 0 Å². The Morgan fingerprint density at radius 3 is 1.00 bits per heavy atom. The Kier molecular flexibility index (Phi) is 233. The maximum absolute atomic E-state index is 0. The van der Waals surface area contributed by atoms with Crippen LogP contribution in [0.3, 0.4) is 0 Å². The van der Waals surface area contributed by atoms with E-state index in [0.29, 0.717) is 0 Å². The molecule has 0 aliphatic carbocycles. The van der Waals surface area contributed by atoms with Crippen LogP contribution >= 0.6 is 0 Å². The van der Waals surface area contributed by atoms with Gasteiger partial charge in [0, 0.05) is 80.0 Å². The topological polar surface area (TPSA) is 0 Å². The van der Waals surface area contributed by atoms with Crippen molar-refractivity contribution in [1.29, 1.82) is 0 Å². The molecule has 0 aliphatic heterocycles. The normalized spacial score (nSPS) is 0. The first-order chi connectivity index (χ1) is 0. The molecule has 26 valence electrons. The second-order valence-corrected chi connectivity index (χ2v) is 0. The van der Waals surface area contributed by atoms with Gasteiger partial charge in [0.2, 0.25) is 0 Å². The zero-order valence-electron chi connectivity index (χ0n) is 1.80. The molecule has 0 aliphatic rings. The van der Waals surface area contributed by atoms with E-state index in [2.05, 4.69) is 0 Å². The van der Waals surface area contributed by atoms with Crippen molar-refractivity contribution in [3.8, 4) is 0 Å². The quantitative estimate of drug-likeness (QED) is 0.487. The first kappa shape index (κ1) is 42.4. The Labute approximate surface area is 95.8 Å². The monoisotopic (exact) mass is 274 g/mol. The molecule has 0 N–H and O–H groups in total. The van der Waals surface area contributed by atoms with E-state index in [1.165, 1.54) is 0 Å². The van der Waals surface area contributed by atoms with Crippen molar-refractivity contribution in [1.82, 2.24) is 0 Å². The summed E-state index contributed by atoms with van der Waals surface area (Å²) in [6.45, 7) is 0. The van der Waals surface area contributed by atoms with Gasteiger partial charge < -0.3 is 0 Å². The van der Waals surface area contributed by atoms with E-state index in [1.807, 2.05) is 0 Å². The van der Waals surface area contributed by atoms with Gasteiger partial charge in [-0.3, -0.25) is 0 Å². The van der Waals surface area contributed by atoms with Crippen LogP contribution in [0.25, 0.3) is 0 Å². The average Bonchev–Trinajstić information content (AvgIpc) is 0. The minimum absolute atomic E-state index is 0. The summed E-state index contributed by atoms with van der Waals surface area (Å²) in [4.78, 5) is 0. The number of hydrogen-bond acceptors (Lipinski definition) is 0. The molecule has 0 aromatic rings. The van der Waals surface area contributed by atoms with Gasteiger partial charge in [-0.15, -0.1) is 0 Å². The Bertz CT molecular complexity index is 11.6. The third-order valence-electron chi connectivity index (χ3n) is 0. The predicted molar refractivity (Wildman–Crippen MR) is 9.94 cm³/mol. The van der Waals surface area contributed by atoms with Gasteiger partial charge in [-0.25, -0.2) is 0 Å². The van der Waals surface area contributed by atoms with Crippen LogP contribution in [0.2, 0.25) is 0 Å². The van der Waals surface area contributed by atoms with Crippen LogP contribution in [-0.2, 0) is 80.0 Å². The zero-order chi connectivity index (χ0) is 0. The minimum Gasteiger partial charge on any atom is 0 e. The summed E-state index contributed by atoms with van der Waals surface area (Å²) in [5.41, 5.74) is 0.